The van der Waals surface area contributed by atoms with Crippen molar-refractivity contribution in [1.29, 1.82) is 0 Å². The minimum atomic E-state index is -0.476. The Morgan fingerprint density at radius 1 is 1.40 bits per heavy atom. The molecule has 0 bridgehead atoms. The molecule has 2 amide bonds. The summed E-state index contributed by atoms with van der Waals surface area (Å²) in [5.41, 5.74) is 1.22. The number of nitrogens with zero attached hydrogens (tertiary/aromatic N) is 3. The summed E-state index contributed by atoms with van der Waals surface area (Å²) < 4.78 is 18.2. The van der Waals surface area contributed by atoms with Gasteiger partial charge in [-0.2, -0.15) is 0 Å². The van der Waals surface area contributed by atoms with Gasteiger partial charge in [0.15, 0.2) is 11.5 Å². The zero-order valence-corrected chi connectivity index (χ0v) is 14.7. The fourth-order valence-corrected chi connectivity index (χ4v) is 2.93. The van der Waals surface area contributed by atoms with E-state index in [4.69, 9.17) is 16.1 Å². The predicted molar refractivity (Wildman–Crippen MR) is 94.7 cm³/mol. The predicted octanol–water partition coefficient (Wildman–Crippen LogP) is 4.38. The lowest BCUT2D eigenvalue weighted by molar-refractivity contribution is 0.214. The van der Waals surface area contributed by atoms with Crippen LogP contribution in [-0.2, 0) is 0 Å². The van der Waals surface area contributed by atoms with Crippen LogP contribution in [0.4, 0.5) is 14.9 Å². The molecule has 0 fully saturated rings. The molecule has 130 valence electrons. The standard InChI is InChI=1S/C17H16ClFN4O2/c1-10(2)21-17(24)23(8-4-7-20-23)16-11(3)25-22-15(16)13-6-5-12(19)9-14(13)18/h4-10H,1-3H3/p+1. The number of carbonyl (C=O) groups is 1. The van der Waals surface area contributed by atoms with Crippen molar-refractivity contribution in [2.24, 2.45) is 5.10 Å². The number of aryl methyl sites for hydroxylation is 1. The molecule has 2 heterocycles. The van der Waals surface area contributed by atoms with Crippen LogP contribution < -0.4 is 9.91 Å². The molecule has 6 nitrogen and oxygen atoms in total. The molecule has 25 heavy (non-hydrogen) atoms. The SMILES string of the molecule is Cc1onc(-c2ccc(F)cc2Cl)c1[N+]1(C(=O)NC(C)C)C=CC=N1. The van der Waals surface area contributed by atoms with Crippen molar-refractivity contribution in [1.82, 2.24) is 15.1 Å². The molecule has 3 rings (SSSR count). The van der Waals surface area contributed by atoms with Crippen LogP contribution in [0.2, 0.25) is 5.02 Å². The van der Waals surface area contributed by atoms with Gasteiger partial charge in [0.05, 0.1) is 11.2 Å². The molecule has 0 aliphatic carbocycles. The highest BCUT2D eigenvalue weighted by molar-refractivity contribution is 6.33. The van der Waals surface area contributed by atoms with Gasteiger partial charge in [-0.15, -0.1) is 0 Å². The van der Waals surface area contributed by atoms with Crippen LogP contribution in [0.15, 0.2) is 40.1 Å². The van der Waals surface area contributed by atoms with Crippen LogP contribution in [0.3, 0.4) is 0 Å². The summed E-state index contributed by atoms with van der Waals surface area (Å²) in [5, 5.41) is 11.4. The smallest absolute Gasteiger partial charge is 0.354 e. The maximum atomic E-state index is 13.4. The monoisotopic (exact) mass is 363 g/mol. The number of amides is 2. The Morgan fingerprint density at radius 3 is 2.76 bits per heavy atom. The maximum absolute atomic E-state index is 13.4. The number of quaternary nitrogens is 1. The molecule has 0 radical (unpaired) electrons. The zero-order chi connectivity index (χ0) is 18.2. The largest absolute Gasteiger partial charge is 0.453 e. The number of nitrogens with one attached hydrogen (secondary N) is 1. The van der Waals surface area contributed by atoms with Gasteiger partial charge in [0.25, 0.3) is 0 Å². The van der Waals surface area contributed by atoms with E-state index in [0.717, 1.165) is 0 Å². The third-order valence-electron chi connectivity index (χ3n) is 3.72. The molecular formula is C17H17ClFN4O2+. The highest BCUT2D eigenvalue weighted by Gasteiger charge is 2.47. The molecule has 0 saturated heterocycles. The lowest BCUT2D eigenvalue weighted by atomic mass is 10.1. The highest BCUT2D eigenvalue weighted by Crippen LogP contribution is 2.42. The Bertz CT molecular complexity index is 877. The first-order valence-electron chi connectivity index (χ1n) is 7.70. The number of hydrogen-bond acceptors (Lipinski definition) is 4. The molecule has 1 unspecified atom stereocenters. The molecule has 1 aromatic heterocycles. The second-order valence-corrected chi connectivity index (χ2v) is 6.36. The summed E-state index contributed by atoms with van der Waals surface area (Å²) in [4.78, 5) is 12.9. The van der Waals surface area contributed by atoms with Crippen LogP contribution in [0.25, 0.3) is 11.3 Å². The van der Waals surface area contributed by atoms with E-state index in [1.807, 2.05) is 13.8 Å². The molecule has 2 aromatic rings. The van der Waals surface area contributed by atoms with Crippen LogP contribution >= 0.6 is 11.6 Å². The van der Waals surface area contributed by atoms with E-state index < -0.39 is 10.4 Å². The van der Waals surface area contributed by atoms with E-state index in [0.29, 0.717) is 22.7 Å². The summed E-state index contributed by atoms with van der Waals surface area (Å²) in [6, 6.07) is 3.53. The van der Waals surface area contributed by atoms with Crippen molar-refractivity contribution in [3.8, 4) is 11.3 Å². The fraction of sp³-hybridized carbons (Fsp3) is 0.235. The first-order chi connectivity index (χ1) is 11.8. The second-order valence-electron chi connectivity index (χ2n) is 5.96. The quantitative estimate of drug-likeness (QED) is 0.823. The number of urea groups is 1. The first kappa shape index (κ1) is 17.3. The first-order valence-corrected chi connectivity index (χ1v) is 8.08. The summed E-state index contributed by atoms with van der Waals surface area (Å²) in [7, 11) is 0. The van der Waals surface area contributed by atoms with Crippen LogP contribution in [0.1, 0.15) is 19.6 Å². The topological polar surface area (TPSA) is 67.5 Å². The zero-order valence-electron chi connectivity index (χ0n) is 14.0. The number of benzene rings is 1. The summed E-state index contributed by atoms with van der Waals surface area (Å²) in [6.45, 7) is 5.40. The normalized spacial score (nSPS) is 19.0. The lowest BCUT2D eigenvalue weighted by Crippen LogP contribution is -2.52. The van der Waals surface area contributed by atoms with Crippen molar-refractivity contribution in [3.05, 3.63) is 47.1 Å². The molecule has 1 N–H and O–H groups in total. The minimum Gasteiger partial charge on any atom is -0.354 e. The molecule has 1 aromatic carbocycles. The van der Waals surface area contributed by atoms with Crippen molar-refractivity contribution in [2.75, 3.05) is 0 Å². The summed E-state index contributed by atoms with van der Waals surface area (Å²) in [6.07, 6.45) is 4.82. The van der Waals surface area contributed by atoms with Crippen LogP contribution in [0.5, 0.6) is 0 Å². The average Bonchev–Trinajstić information content (AvgIpc) is 3.14. The van der Waals surface area contributed by atoms with E-state index in [1.54, 1.807) is 19.2 Å². The number of halogens is 2. The third-order valence-corrected chi connectivity index (χ3v) is 4.03. The number of aromatic nitrogens is 1. The van der Waals surface area contributed by atoms with Gasteiger partial charge in [-0.25, -0.2) is 9.18 Å². The Labute approximate surface area is 149 Å². The van der Waals surface area contributed by atoms with Gasteiger partial charge in [-0.05, 0) is 32.0 Å². The van der Waals surface area contributed by atoms with Crippen molar-refractivity contribution in [2.45, 2.75) is 26.8 Å². The van der Waals surface area contributed by atoms with Gasteiger partial charge in [0.1, 0.15) is 12.0 Å². The number of hydrogen-bond donors (Lipinski definition) is 1. The molecular weight excluding hydrogens is 347 g/mol. The van der Waals surface area contributed by atoms with E-state index in [9.17, 15) is 9.18 Å². The molecule has 8 heteroatoms. The molecule has 0 spiro atoms. The summed E-state index contributed by atoms with van der Waals surface area (Å²) in [5.74, 6) is -0.0472. The second kappa shape index (κ2) is 6.42. The molecule has 1 aliphatic rings. The Balaban J connectivity index is 2.19. The third kappa shape index (κ3) is 2.96. The van der Waals surface area contributed by atoms with Gasteiger partial charge >= 0.3 is 6.03 Å². The Kier molecular flexibility index (Phi) is 4.45. The van der Waals surface area contributed by atoms with Gasteiger partial charge in [0, 0.05) is 24.6 Å². The van der Waals surface area contributed by atoms with E-state index in [-0.39, 0.29) is 17.1 Å². The average molecular weight is 364 g/mol. The van der Waals surface area contributed by atoms with E-state index in [1.165, 1.54) is 24.4 Å². The summed E-state index contributed by atoms with van der Waals surface area (Å²) >= 11 is 6.18. The van der Waals surface area contributed by atoms with E-state index in [2.05, 4.69) is 15.6 Å². The van der Waals surface area contributed by atoms with Gasteiger partial charge in [-0.1, -0.05) is 26.5 Å². The lowest BCUT2D eigenvalue weighted by Gasteiger charge is -2.23. The van der Waals surface area contributed by atoms with Gasteiger partial charge in [0.2, 0.25) is 5.69 Å². The van der Waals surface area contributed by atoms with Gasteiger partial charge in [-0.3, -0.25) is 0 Å². The fourth-order valence-electron chi connectivity index (χ4n) is 2.67. The van der Waals surface area contributed by atoms with Crippen molar-refractivity contribution < 1.29 is 13.7 Å². The highest BCUT2D eigenvalue weighted by atomic mass is 35.5. The number of carbonyl (C=O) groups excluding carboxylic acids is 1. The van der Waals surface area contributed by atoms with E-state index >= 15 is 0 Å². The number of rotatable bonds is 3. The van der Waals surface area contributed by atoms with Gasteiger partial charge < -0.3 is 9.84 Å². The Hall–Kier alpha value is -2.51. The van der Waals surface area contributed by atoms with Crippen molar-refractivity contribution in [3.63, 3.8) is 0 Å². The van der Waals surface area contributed by atoms with Crippen LogP contribution in [-0.4, -0.2) is 23.4 Å². The number of allylic oxidation sites excluding steroid dienone is 1. The van der Waals surface area contributed by atoms with Crippen LogP contribution in [0, 0.1) is 12.7 Å². The minimum absolute atomic E-state index is 0.0790. The molecule has 1 atom stereocenters. The Morgan fingerprint density at radius 2 is 2.16 bits per heavy atom. The van der Waals surface area contributed by atoms with Crippen molar-refractivity contribution >= 4 is 29.5 Å². The molecule has 1 aliphatic heterocycles. The molecule has 0 saturated carbocycles. The maximum Gasteiger partial charge on any atom is 0.453 e.